The fourth-order valence-corrected chi connectivity index (χ4v) is 4.03. The van der Waals surface area contributed by atoms with Gasteiger partial charge < -0.3 is 14.6 Å². The Morgan fingerprint density at radius 1 is 1.22 bits per heavy atom. The second-order valence-electron chi connectivity index (χ2n) is 7.69. The number of carbonyl (C=O) groups excluding carboxylic acids is 1. The molecular weight excluding hydrogens is 422 g/mol. The maximum atomic E-state index is 12.3. The molecule has 1 N–H and O–H groups in total. The number of alkyl halides is 2. The number of aromatic nitrogens is 4. The van der Waals surface area contributed by atoms with Crippen LogP contribution >= 0.6 is 0 Å². The van der Waals surface area contributed by atoms with Crippen molar-refractivity contribution >= 4 is 11.7 Å². The molecule has 1 aromatic carbocycles. The molecule has 1 saturated heterocycles. The monoisotopic (exact) mass is 442 g/mol. The Hall–Kier alpha value is -3.47. The summed E-state index contributed by atoms with van der Waals surface area (Å²) in [6, 6.07) is 6.23. The lowest BCUT2D eigenvalue weighted by molar-refractivity contribution is -0.117. The number of rotatable bonds is 6. The van der Waals surface area contributed by atoms with Gasteiger partial charge in [0.05, 0.1) is 30.3 Å². The van der Waals surface area contributed by atoms with Crippen LogP contribution in [0, 0.1) is 5.92 Å². The number of nitrogens with zero attached hydrogens (tertiary/aromatic N) is 5. The van der Waals surface area contributed by atoms with Gasteiger partial charge in [-0.15, -0.1) is 0 Å². The first-order valence-electron chi connectivity index (χ1n) is 10.3. The largest absolute Gasteiger partial charge is 0.435 e. The van der Waals surface area contributed by atoms with Gasteiger partial charge in [0.1, 0.15) is 11.6 Å². The van der Waals surface area contributed by atoms with Crippen molar-refractivity contribution in [3.8, 4) is 17.1 Å². The number of aliphatic imine (C=N–C) groups is 1. The van der Waals surface area contributed by atoms with Crippen LogP contribution in [0.2, 0.25) is 0 Å². The van der Waals surface area contributed by atoms with E-state index in [1.807, 2.05) is 0 Å². The van der Waals surface area contributed by atoms with E-state index in [0.717, 1.165) is 31.5 Å². The van der Waals surface area contributed by atoms with E-state index in [-0.39, 0.29) is 24.0 Å². The smallest absolute Gasteiger partial charge is 0.387 e. The van der Waals surface area contributed by atoms with E-state index >= 15 is 0 Å². The van der Waals surface area contributed by atoms with E-state index in [4.69, 9.17) is 4.52 Å². The first-order chi connectivity index (χ1) is 15.6. The van der Waals surface area contributed by atoms with Gasteiger partial charge in [-0.05, 0) is 43.6 Å². The van der Waals surface area contributed by atoms with Gasteiger partial charge in [0.25, 0.3) is 5.91 Å². The molecule has 3 aromatic rings. The summed E-state index contributed by atoms with van der Waals surface area (Å²) in [6.45, 7) is -1.11. The van der Waals surface area contributed by atoms with Crippen molar-refractivity contribution in [1.29, 1.82) is 0 Å². The lowest BCUT2D eigenvalue weighted by atomic mass is 9.95. The van der Waals surface area contributed by atoms with Gasteiger partial charge in [-0.3, -0.25) is 4.79 Å². The molecule has 4 heterocycles. The van der Waals surface area contributed by atoms with Gasteiger partial charge in [-0.2, -0.15) is 23.9 Å². The molecule has 5 rings (SSSR count). The summed E-state index contributed by atoms with van der Waals surface area (Å²) in [5.41, 5.74) is 2.14. The van der Waals surface area contributed by atoms with Crippen LogP contribution in [0.15, 0.2) is 40.0 Å². The summed E-state index contributed by atoms with van der Waals surface area (Å²) in [5, 5.41) is 11.8. The highest BCUT2D eigenvalue weighted by atomic mass is 19.3. The summed E-state index contributed by atoms with van der Waals surface area (Å²) < 4.78 is 36.0. The minimum atomic E-state index is -2.87. The Labute approximate surface area is 181 Å². The zero-order chi connectivity index (χ0) is 22.1. The highest BCUT2D eigenvalue weighted by Crippen LogP contribution is 2.27. The van der Waals surface area contributed by atoms with Gasteiger partial charge in [-0.25, -0.2) is 4.68 Å². The number of benzene rings is 1. The molecule has 2 aliphatic rings. The van der Waals surface area contributed by atoms with E-state index < -0.39 is 6.61 Å². The Kier molecular flexibility index (Phi) is 5.48. The summed E-state index contributed by atoms with van der Waals surface area (Å²) in [6.07, 6.45) is 3.88. The summed E-state index contributed by atoms with van der Waals surface area (Å²) >= 11 is 0. The molecular formula is C21H20F2N6O3. The third-order valence-corrected chi connectivity index (χ3v) is 5.56. The highest BCUT2D eigenvalue weighted by molar-refractivity contribution is 6.01. The number of hydrogen-bond acceptors (Lipinski definition) is 7. The average Bonchev–Trinajstić information content (AvgIpc) is 3.41. The molecule has 0 unspecified atom stereocenters. The first-order valence-corrected chi connectivity index (χ1v) is 10.3. The number of piperidine rings is 1. The normalized spacial score (nSPS) is 16.8. The number of carbonyl (C=O) groups is 1. The number of ether oxygens (including phenoxy) is 1. The van der Waals surface area contributed by atoms with Crippen molar-refractivity contribution in [2.45, 2.75) is 32.3 Å². The quantitative estimate of drug-likeness (QED) is 0.625. The van der Waals surface area contributed by atoms with Crippen LogP contribution < -0.4 is 10.1 Å². The molecule has 1 fully saturated rings. The third kappa shape index (κ3) is 4.15. The first kappa shape index (κ1) is 20.4. The molecule has 0 saturated carbocycles. The lowest BCUT2D eigenvalue weighted by Gasteiger charge is -2.26. The molecule has 0 atom stereocenters. The number of nitrogens with one attached hydrogen (secondary N) is 1. The Morgan fingerprint density at radius 3 is 2.75 bits per heavy atom. The topological polar surface area (TPSA) is 107 Å². The van der Waals surface area contributed by atoms with Gasteiger partial charge in [0.15, 0.2) is 0 Å². The zero-order valence-corrected chi connectivity index (χ0v) is 17.0. The standard InChI is InChI=1S/C21H20F2N6O3/c22-21(23)31-14-3-1-12(2-4-14)9-18-27-19(28-32-18)15-11-25-29-16(15)10-17(30)26-20(29)13-5-7-24-8-6-13/h1-4,11,13,21,24H,5-10H2. The minimum absolute atomic E-state index is 0.0809. The number of amides is 1. The molecule has 0 aliphatic carbocycles. The van der Waals surface area contributed by atoms with Crippen LogP contribution in [0.3, 0.4) is 0 Å². The SMILES string of the molecule is O=C1Cc2c(-c3noc(Cc4ccc(OC(F)F)cc4)n3)cnn2C(C2CCNCC2)=N1. The van der Waals surface area contributed by atoms with Crippen LogP contribution in [-0.4, -0.2) is 51.4 Å². The Bertz CT molecular complexity index is 1150. The van der Waals surface area contributed by atoms with Crippen molar-refractivity contribution in [3.05, 3.63) is 47.6 Å². The fourth-order valence-electron chi connectivity index (χ4n) is 4.03. The van der Waals surface area contributed by atoms with Gasteiger partial charge in [0.2, 0.25) is 11.7 Å². The van der Waals surface area contributed by atoms with Gasteiger partial charge >= 0.3 is 6.61 Å². The zero-order valence-electron chi connectivity index (χ0n) is 17.0. The number of halogens is 2. The Balaban J connectivity index is 1.35. The van der Waals surface area contributed by atoms with Crippen LogP contribution in [0.1, 0.15) is 30.0 Å². The molecule has 2 aromatic heterocycles. The lowest BCUT2D eigenvalue weighted by Crippen LogP contribution is -2.38. The maximum Gasteiger partial charge on any atom is 0.387 e. The molecule has 0 spiro atoms. The molecule has 2 aliphatic heterocycles. The van der Waals surface area contributed by atoms with Crippen molar-refractivity contribution in [2.24, 2.45) is 10.9 Å². The van der Waals surface area contributed by atoms with Crippen molar-refractivity contribution in [1.82, 2.24) is 25.2 Å². The van der Waals surface area contributed by atoms with E-state index in [9.17, 15) is 13.6 Å². The molecule has 11 heteroatoms. The Morgan fingerprint density at radius 2 is 2.00 bits per heavy atom. The van der Waals surface area contributed by atoms with Gasteiger partial charge in [0, 0.05) is 5.92 Å². The minimum Gasteiger partial charge on any atom is -0.435 e. The highest BCUT2D eigenvalue weighted by Gasteiger charge is 2.30. The maximum absolute atomic E-state index is 12.3. The molecule has 9 nitrogen and oxygen atoms in total. The van der Waals surface area contributed by atoms with Crippen LogP contribution in [0.5, 0.6) is 5.75 Å². The molecule has 166 valence electrons. The van der Waals surface area contributed by atoms with Crippen LogP contribution in [0.4, 0.5) is 8.78 Å². The van der Waals surface area contributed by atoms with E-state index in [2.05, 4.69) is 30.3 Å². The summed E-state index contributed by atoms with van der Waals surface area (Å²) in [7, 11) is 0. The predicted molar refractivity (Wildman–Crippen MR) is 109 cm³/mol. The fraction of sp³-hybridized carbons (Fsp3) is 0.381. The molecule has 0 bridgehead atoms. The predicted octanol–water partition coefficient (Wildman–Crippen LogP) is 2.45. The van der Waals surface area contributed by atoms with Crippen molar-refractivity contribution in [3.63, 3.8) is 0 Å². The van der Waals surface area contributed by atoms with Crippen molar-refractivity contribution < 1.29 is 22.8 Å². The summed E-state index contributed by atoms with van der Waals surface area (Å²) in [5.74, 6) is 1.43. The third-order valence-electron chi connectivity index (χ3n) is 5.56. The average molecular weight is 442 g/mol. The molecule has 0 radical (unpaired) electrons. The summed E-state index contributed by atoms with van der Waals surface area (Å²) in [4.78, 5) is 21.1. The van der Waals surface area contributed by atoms with E-state index in [0.29, 0.717) is 35.2 Å². The second-order valence-corrected chi connectivity index (χ2v) is 7.69. The second kappa shape index (κ2) is 8.58. The number of fused-ring (bicyclic) bond motifs is 1. The number of hydrogen-bond donors (Lipinski definition) is 1. The van der Waals surface area contributed by atoms with Crippen LogP contribution in [0.25, 0.3) is 11.4 Å². The molecule has 1 amide bonds. The van der Waals surface area contributed by atoms with E-state index in [1.54, 1.807) is 23.0 Å². The van der Waals surface area contributed by atoms with E-state index in [1.165, 1.54) is 12.1 Å². The van der Waals surface area contributed by atoms with Crippen LogP contribution in [-0.2, 0) is 17.6 Å². The molecule has 32 heavy (non-hydrogen) atoms. The van der Waals surface area contributed by atoms with Gasteiger partial charge in [-0.1, -0.05) is 17.3 Å². The van der Waals surface area contributed by atoms with Crippen molar-refractivity contribution in [2.75, 3.05) is 13.1 Å².